The van der Waals surface area contributed by atoms with Crippen LogP contribution in [0.1, 0.15) is 23.8 Å². The van der Waals surface area contributed by atoms with Crippen molar-refractivity contribution in [1.29, 1.82) is 0 Å². The van der Waals surface area contributed by atoms with Crippen molar-refractivity contribution in [1.82, 2.24) is 0 Å². The van der Waals surface area contributed by atoms with Crippen molar-refractivity contribution >= 4 is 34.5 Å². The molecule has 1 aromatic rings. The molecule has 1 atom stereocenters. The van der Waals surface area contributed by atoms with Gasteiger partial charge in [-0.3, -0.25) is 4.79 Å². The van der Waals surface area contributed by atoms with Crippen molar-refractivity contribution in [2.75, 3.05) is 24.5 Å². The molecule has 5 heteroatoms. The molecule has 0 aliphatic heterocycles. The van der Waals surface area contributed by atoms with Gasteiger partial charge in [0.05, 0.1) is 18.3 Å². The quantitative estimate of drug-likeness (QED) is 0.752. The molecule has 1 unspecified atom stereocenters. The lowest BCUT2D eigenvalue weighted by molar-refractivity contribution is -0.117. The van der Waals surface area contributed by atoms with Crippen LogP contribution in [0.25, 0.3) is 0 Å². The molecule has 0 saturated heterocycles. The number of rotatable bonds is 6. The van der Waals surface area contributed by atoms with E-state index in [1.807, 2.05) is 13.8 Å². The van der Waals surface area contributed by atoms with Crippen molar-refractivity contribution in [2.45, 2.75) is 33.2 Å². The molecule has 0 N–H and O–H groups in total. The number of methoxy groups -OCH3 is 1. The van der Waals surface area contributed by atoms with Crippen LogP contribution >= 0.6 is 22.9 Å². The third-order valence-electron chi connectivity index (χ3n) is 2.94. The molecule has 102 valence electrons. The molecule has 0 radical (unpaired) electrons. The van der Waals surface area contributed by atoms with E-state index in [-0.39, 0.29) is 17.8 Å². The highest BCUT2D eigenvalue weighted by Crippen LogP contribution is 2.32. The fourth-order valence-electron chi connectivity index (χ4n) is 2.07. The summed E-state index contributed by atoms with van der Waals surface area (Å²) in [5.74, 6) is -0.0697. The zero-order chi connectivity index (χ0) is 13.7. The van der Waals surface area contributed by atoms with Crippen LogP contribution in [-0.2, 0) is 9.53 Å². The molecular weight excluding hydrogens is 270 g/mol. The number of halogens is 1. The van der Waals surface area contributed by atoms with Gasteiger partial charge in [-0.05, 0) is 31.2 Å². The summed E-state index contributed by atoms with van der Waals surface area (Å²) in [4.78, 5) is 15.1. The maximum atomic E-state index is 12.1. The number of anilines is 1. The Balaban J connectivity index is 3.16. The maximum absolute atomic E-state index is 12.1. The first-order chi connectivity index (χ1) is 8.56. The zero-order valence-corrected chi connectivity index (χ0v) is 12.9. The van der Waals surface area contributed by atoms with Gasteiger partial charge in [0.2, 0.25) is 5.91 Å². The van der Waals surface area contributed by atoms with Crippen molar-refractivity contribution in [3.05, 3.63) is 15.8 Å². The highest BCUT2D eigenvalue weighted by molar-refractivity contribution is 7.10. The Morgan fingerprint density at radius 1 is 1.56 bits per heavy atom. The molecule has 0 saturated carbocycles. The van der Waals surface area contributed by atoms with Gasteiger partial charge in [0.1, 0.15) is 5.88 Å². The summed E-state index contributed by atoms with van der Waals surface area (Å²) in [5, 5.41) is 2.07. The van der Waals surface area contributed by atoms with E-state index in [1.54, 1.807) is 23.3 Å². The average molecular weight is 290 g/mol. The Bertz CT molecular complexity index is 386. The summed E-state index contributed by atoms with van der Waals surface area (Å²) in [6.45, 7) is 6.62. The third kappa shape index (κ3) is 3.25. The number of carbonyl (C=O) groups excluding carboxylic acids is 1. The summed E-state index contributed by atoms with van der Waals surface area (Å²) in [6, 6.07) is 0.0354. The summed E-state index contributed by atoms with van der Waals surface area (Å²) < 4.78 is 5.21. The molecule has 0 fully saturated rings. The average Bonchev–Trinajstić information content (AvgIpc) is 2.69. The number of hydrogen-bond donors (Lipinski definition) is 0. The highest BCUT2D eigenvalue weighted by Gasteiger charge is 2.26. The topological polar surface area (TPSA) is 29.5 Å². The van der Waals surface area contributed by atoms with Crippen LogP contribution in [0.3, 0.4) is 0 Å². The molecule has 0 aliphatic carbocycles. The van der Waals surface area contributed by atoms with Crippen LogP contribution in [0.5, 0.6) is 0 Å². The minimum atomic E-state index is -0.0647. The number of ether oxygens (including phenoxy) is 1. The van der Waals surface area contributed by atoms with Gasteiger partial charge in [0, 0.05) is 12.0 Å². The van der Waals surface area contributed by atoms with Crippen LogP contribution in [0, 0.1) is 13.8 Å². The lowest BCUT2D eigenvalue weighted by Gasteiger charge is -2.31. The van der Waals surface area contributed by atoms with Crippen molar-refractivity contribution in [2.24, 2.45) is 0 Å². The lowest BCUT2D eigenvalue weighted by atomic mass is 10.1. The normalized spacial score (nSPS) is 12.5. The summed E-state index contributed by atoms with van der Waals surface area (Å²) in [6.07, 6.45) is 0.838. The van der Waals surface area contributed by atoms with Gasteiger partial charge in [0.15, 0.2) is 0 Å². The van der Waals surface area contributed by atoms with E-state index in [9.17, 15) is 4.79 Å². The van der Waals surface area contributed by atoms with Crippen molar-refractivity contribution in [3.8, 4) is 0 Å². The Morgan fingerprint density at radius 2 is 2.22 bits per heavy atom. The molecule has 1 rings (SSSR count). The smallest absolute Gasteiger partial charge is 0.242 e. The van der Waals surface area contributed by atoms with Gasteiger partial charge in [-0.15, -0.1) is 22.9 Å². The molecule has 0 spiro atoms. The van der Waals surface area contributed by atoms with E-state index < -0.39 is 0 Å². The van der Waals surface area contributed by atoms with Crippen LogP contribution < -0.4 is 4.90 Å². The fraction of sp³-hybridized carbons (Fsp3) is 0.615. The number of amides is 1. The van der Waals surface area contributed by atoms with E-state index >= 15 is 0 Å². The Kier molecular flexibility index (Phi) is 6.12. The largest absolute Gasteiger partial charge is 0.383 e. The van der Waals surface area contributed by atoms with Crippen LogP contribution in [0.15, 0.2) is 5.38 Å². The molecule has 1 amide bonds. The van der Waals surface area contributed by atoms with Crippen molar-refractivity contribution in [3.63, 3.8) is 0 Å². The molecule has 0 aromatic carbocycles. The molecular formula is C13H20ClNO2S. The van der Waals surface area contributed by atoms with E-state index in [4.69, 9.17) is 16.3 Å². The molecule has 1 aromatic heterocycles. The molecule has 0 aliphatic rings. The second kappa shape index (κ2) is 7.12. The van der Waals surface area contributed by atoms with Crippen LogP contribution in [-0.4, -0.2) is 31.5 Å². The molecule has 1 heterocycles. The Hall–Kier alpha value is -0.580. The molecule has 18 heavy (non-hydrogen) atoms. The predicted octanol–water partition coefficient (Wildman–Crippen LogP) is 3.36. The monoisotopic (exact) mass is 289 g/mol. The number of alkyl halides is 1. The third-order valence-corrected chi connectivity index (χ3v) is 4.19. The Morgan fingerprint density at radius 3 is 2.61 bits per heavy atom. The van der Waals surface area contributed by atoms with E-state index in [2.05, 4.69) is 12.3 Å². The van der Waals surface area contributed by atoms with E-state index in [0.29, 0.717) is 6.61 Å². The first-order valence-electron chi connectivity index (χ1n) is 5.98. The number of thiophene rings is 1. The highest BCUT2D eigenvalue weighted by atomic mass is 35.5. The Labute approximate surface area is 118 Å². The minimum Gasteiger partial charge on any atom is -0.383 e. The van der Waals surface area contributed by atoms with Gasteiger partial charge >= 0.3 is 0 Å². The maximum Gasteiger partial charge on any atom is 0.242 e. The molecule has 3 nitrogen and oxygen atoms in total. The summed E-state index contributed by atoms with van der Waals surface area (Å²) in [5.41, 5.74) is 2.11. The SMILES string of the molecule is CCC(COC)N(C(=O)CCl)c1c(C)csc1C. The second-order valence-corrected chi connectivity index (χ2v) is 5.59. The first-order valence-corrected chi connectivity index (χ1v) is 7.39. The van der Waals surface area contributed by atoms with Gasteiger partial charge in [-0.2, -0.15) is 0 Å². The van der Waals surface area contributed by atoms with Crippen LogP contribution in [0.4, 0.5) is 5.69 Å². The molecule has 0 bridgehead atoms. The summed E-state index contributed by atoms with van der Waals surface area (Å²) in [7, 11) is 1.65. The summed E-state index contributed by atoms with van der Waals surface area (Å²) >= 11 is 7.40. The zero-order valence-electron chi connectivity index (χ0n) is 11.3. The number of aryl methyl sites for hydroxylation is 2. The van der Waals surface area contributed by atoms with Gasteiger partial charge in [-0.1, -0.05) is 6.92 Å². The van der Waals surface area contributed by atoms with E-state index in [1.165, 1.54) is 0 Å². The minimum absolute atomic E-state index is 0.00502. The van der Waals surface area contributed by atoms with Crippen molar-refractivity contribution < 1.29 is 9.53 Å². The van der Waals surface area contributed by atoms with Gasteiger partial charge < -0.3 is 9.64 Å². The predicted molar refractivity (Wildman–Crippen MR) is 78.0 cm³/mol. The van der Waals surface area contributed by atoms with Crippen LogP contribution in [0.2, 0.25) is 0 Å². The standard InChI is InChI=1S/C13H20ClNO2S/c1-5-11(7-17-4)15(12(16)6-14)13-9(2)8-18-10(13)3/h8,11H,5-7H2,1-4H3. The number of carbonyl (C=O) groups is 1. The second-order valence-electron chi connectivity index (χ2n) is 4.24. The van der Waals surface area contributed by atoms with Gasteiger partial charge in [-0.25, -0.2) is 0 Å². The lowest BCUT2D eigenvalue weighted by Crippen LogP contribution is -2.44. The number of hydrogen-bond acceptors (Lipinski definition) is 3. The number of nitrogens with zero attached hydrogens (tertiary/aromatic N) is 1. The van der Waals surface area contributed by atoms with E-state index in [0.717, 1.165) is 22.5 Å². The fourth-order valence-corrected chi connectivity index (χ4v) is 3.03. The van der Waals surface area contributed by atoms with Gasteiger partial charge in [0.25, 0.3) is 0 Å². The first kappa shape index (κ1) is 15.5.